The molecule has 1 aromatic heterocycles. The van der Waals surface area contributed by atoms with Crippen molar-refractivity contribution >= 4 is 46.9 Å². The number of carbonyl (C=O) groups excluding carboxylic acids is 2. The number of amides is 2. The lowest BCUT2D eigenvalue weighted by atomic mass is 10.1. The van der Waals surface area contributed by atoms with Gasteiger partial charge in [0.25, 0.3) is 11.8 Å². The molecule has 40 heavy (non-hydrogen) atoms. The highest BCUT2D eigenvalue weighted by Crippen LogP contribution is 2.30. The van der Waals surface area contributed by atoms with Gasteiger partial charge in [0.1, 0.15) is 11.5 Å². The Morgan fingerprint density at radius 1 is 1.02 bits per heavy atom. The fourth-order valence-electron chi connectivity index (χ4n) is 4.29. The van der Waals surface area contributed by atoms with E-state index >= 15 is 0 Å². The van der Waals surface area contributed by atoms with E-state index in [9.17, 15) is 19.5 Å². The van der Waals surface area contributed by atoms with Crippen LogP contribution >= 0.6 is 11.6 Å². The third kappa shape index (κ3) is 5.43. The van der Waals surface area contributed by atoms with E-state index in [0.29, 0.717) is 51.2 Å². The third-order valence-corrected chi connectivity index (χ3v) is 6.84. The molecule has 0 radical (unpaired) electrons. The normalized spacial score (nSPS) is 14.0. The summed E-state index contributed by atoms with van der Waals surface area (Å²) in [4.78, 5) is 37.4. The molecule has 8 nitrogen and oxygen atoms in total. The fraction of sp³-hybridized carbons (Fsp3) is 0.0968. The predicted octanol–water partition coefficient (Wildman–Crippen LogP) is 6.34. The monoisotopic (exact) mass is 553 g/mol. The summed E-state index contributed by atoms with van der Waals surface area (Å²) in [6.07, 6.45) is 1.58. The quantitative estimate of drug-likeness (QED) is 0.259. The summed E-state index contributed by atoms with van der Waals surface area (Å²) in [7, 11) is 0. The lowest BCUT2D eigenvalue weighted by molar-refractivity contribution is -0.114. The van der Waals surface area contributed by atoms with Crippen LogP contribution in [-0.4, -0.2) is 28.6 Å². The van der Waals surface area contributed by atoms with E-state index in [0.717, 1.165) is 11.1 Å². The number of aromatic carboxylic acids is 1. The minimum atomic E-state index is -1.10. The molecule has 2 heterocycles. The number of rotatable bonds is 7. The van der Waals surface area contributed by atoms with Crippen LogP contribution in [0.3, 0.4) is 0 Å². The maximum atomic E-state index is 13.1. The summed E-state index contributed by atoms with van der Waals surface area (Å²) in [6.45, 7) is 4.05. The lowest BCUT2D eigenvalue weighted by Gasteiger charge is -2.12. The molecule has 1 aliphatic heterocycles. The largest absolute Gasteiger partial charge is 0.478 e. The second-order valence-corrected chi connectivity index (χ2v) is 9.63. The zero-order chi connectivity index (χ0) is 28.4. The summed E-state index contributed by atoms with van der Waals surface area (Å²) in [5.41, 5.74) is 4.23. The molecule has 1 aliphatic rings. The van der Waals surface area contributed by atoms with Crippen LogP contribution in [0.2, 0.25) is 5.02 Å². The van der Waals surface area contributed by atoms with E-state index in [1.54, 1.807) is 55.5 Å². The number of hydrazone groups is 1. The van der Waals surface area contributed by atoms with Crippen LogP contribution in [-0.2, 0) is 11.3 Å². The summed E-state index contributed by atoms with van der Waals surface area (Å²) in [6, 6.07) is 22.3. The standard InChI is InChI=1S/C31H24ClN3O5/c1-18-6-3-4-7-22(18)17-33-29(36)26-15-20(10-12-27(26)32)28-13-11-24(40-28)16-25-19(2)34-35(30(25)37)23-9-5-8-21(14-23)31(38)39/h3-16H,17H2,1-2H3,(H,33,36)(H,38,39)/b25-16-. The molecule has 0 saturated heterocycles. The van der Waals surface area contributed by atoms with Crippen molar-refractivity contribution in [1.29, 1.82) is 0 Å². The first kappa shape index (κ1) is 26.6. The van der Waals surface area contributed by atoms with E-state index in [4.69, 9.17) is 16.0 Å². The highest BCUT2D eigenvalue weighted by atomic mass is 35.5. The molecule has 2 N–H and O–H groups in total. The maximum Gasteiger partial charge on any atom is 0.335 e. The molecule has 5 rings (SSSR count). The topological polar surface area (TPSA) is 112 Å². The molecule has 9 heteroatoms. The maximum absolute atomic E-state index is 13.1. The summed E-state index contributed by atoms with van der Waals surface area (Å²) >= 11 is 6.34. The Morgan fingerprint density at radius 3 is 2.60 bits per heavy atom. The summed E-state index contributed by atoms with van der Waals surface area (Å²) in [5, 5.41) is 18.0. The molecule has 200 valence electrons. The number of anilines is 1. The SMILES string of the molecule is CC1=NN(c2cccc(C(=O)O)c2)C(=O)/C1=C\c1ccc(-c2ccc(Cl)c(C(=O)NCc3ccccc3C)c2)o1. The number of benzene rings is 3. The van der Waals surface area contributed by atoms with Gasteiger partial charge in [-0.1, -0.05) is 41.9 Å². The molecule has 3 aromatic carbocycles. The number of nitrogens with zero attached hydrogens (tertiary/aromatic N) is 2. The molecule has 0 bridgehead atoms. The van der Waals surface area contributed by atoms with Gasteiger partial charge in [0.15, 0.2) is 0 Å². The smallest absolute Gasteiger partial charge is 0.335 e. The predicted molar refractivity (Wildman–Crippen MR) is 153 cm³/mol. The number of carbonyl (C=O) groups is 3. The highest BCUT2D eigenvalue weighted by Gasteiger charge is 2.29. The molecule has 0 atom stereocenters. The van der Waals surface area contributed by atoms with Gasteiger partial charge in [-0.2, -0.15) is 10.1 Å². The number of hydrogen-bond donors (Lipinski definition) is 2. The molecule has 0 unspecified atom stereocenters. The fourth-order valence-corrected chi connectivity index (χ4v) is 4.49. The number of halogens is 1. The molecule has 0 fully saturated rings. The Kier molecular flexibility index (Phi) is 7.35. The van der Waals surface area contributed by atoms with E-state index in [1.165, 1.54) is 17.1 Å². The van der Waals surface area contributed by atoms with Gasteiger partial charge in [-0.15, -0.1) is 0 Å². The number of carboxylic acid groups (broad SMARTS) is 1. The second-order valence-electron chi connectivity index (χ2n) is 9.22. The van der Waals surface area contributed by atoms with Gasteiger partial charge >= 0.3 is 5.97 Å². The van der Waals surface area contributed by atoms with Crippen molar-refractivity contribution in [2.45, 2.75) is 20.4 Å². The number of aryl methyl sites for hydroxylation is 1. The van der Waals surface area contributed by atoms with Crippen LogP contribution in [0.25, 0.3) is 17.4 Å². The molecule has 0 saturated carbocycles. The van der Waals surface area contributed by atoms with Crippen LogP contribution in [0.5, 0.6) is 0 Å². The number of furan rings is 1. The Labute approximate surface area is 235 Å². The Balaban J connectivity index is 1.35. The van der Waals surface area contributed by atoms with Crippen molar-refractivity contribution in [2.75, 3.05) is 5.01 Å². The minimum Gasteiger partial charge on any atom is -0.478 e. The van der Waals surface area contributed by atoms with Crippen molar-refractivity contribution in [3.63, 3.8) is 0 Å². The van der Waals surface area contributed by atoms with Gasteiger partial charge in [-0.05, 0) is 79.6 Å². The minimum absolute atomic E-state index is 0.0532. The Hall–Kier alpha value is -4.95. The first-order chi connectivity index (χ1) is 19.2. The van der Waals surface area contributed by atoms with E-state index in [-0.39, 0.29) is 11.5 Å². The number of hydrogen-bond acceptors (Lipinski definition) is 5. The average Bonchev–Trinajstić information content (AvgIpc) is 3.53. The summed E-state index contributed by atoms with van der Waals surface area (Å²) < 4.78 is 5.98. The molecule has 0 spiro atoms. The second kappa shape index (κ2) is 11.0. The first-order valence-corrected chi connectivity index (χ1v) is 12.8. The van der Waals surface area contributed by atoms with Crippen LogP contribution < -0.4 is 10.3 Å². The molecular weight excluding hydrogens is 530 g/mol. The van der Waals surface area contributed by atoms with Gasteiger partial charge in [0.05, 0.1) is 33.1 Å². The summed E-state index contributed by atoms with van der Waals surface area (Å²) in [5.74, 6) is -0.907. The van der Waals surface area contributed by atoms with Gasteiger partial charge < -0.3 is 14.8 Å². The average molecular weight is 554 g/mol. The van der Waals surface area contributed by atoms with Crippen molar-refractivity contribution in [3.05, 3.63) is 117 Å². The highest BCUT2D eigenvalue weighted by molar-refractivity contribution is 6.34. The lowest BCUT2D eigenvalue weighted by Crippen LogP contribution is -2.23. The van der Waals surface area contributed by atoms with Crippen LogP contribution in [0.15, 0.2) is 94.0 Å². The first-order valence-electron chi connectivity index (χ1n) is 12.4. The van der Waals surface area contributed by atoms with Crippen molar-refractivity contribution in [2.24, 2.45) is 5.10 Å². The van der Waals surface area contributed by atoms with Crippen LogP contribution in [0.4, 0.5) is 5.69 Å². The zero-order valence-corrected chi connectivity index (χ0v) is 22.4. The molecule has 0 aliphatic carbocycles. The molecule has 2 amide bonds. The van der Waals surface area contributed by atoms with Crippen LogP contribution in [0, 0.1) is 6.92 Å². The number of carboxylic acids is 1. The van der Waals surface area contributed by atoms with E-state index in [2.05, 4.69) is 10.4 Å². The molecule has 4 aromatic rings. The van der Waals surface area contributed by atoms with Gasteiger partial charge in [0.2, 0.25) is 0 Å². The van der Waals surface area contributed by atoms with Gasteiger partial charge in [-0.25, -0.2) is 4.79 Å². The molecular formula is C31H24ClN3O5. The zero-order valence-electron chi connectivity index (χ0n) is 21.6. The van der Waals surface area contributed by atoms with Gasteiger partial charge in [-0.3, -0.25) is 9.59 Å². The van der Waals surface area contributed by atoms with Crippen molar-refractivity contribution in [1.82, 2.24) is 5.32 Å². The van der Waals surface area contributed by atoms with Crippen molar-refractivity contribution in [3.8, 4) is 11.3 Å². The van der Waals surface area contributed by atoms with Crippen LogP contribution in [0.1, 0.15) is 44.5 Å². The van der Waals surface area contributed by atoms with Gasteiger partial charge in [0, 0.05) is 12.1 Å². The van der Waals surface area contributed by atoms with E-state index in [1.807, 2.05) is 31.2 Å². The van der Waals surface area contributed by atoms with E-state index < -0.39 is 11.9 Å². The van der Waals surface area contributed by atoms with Crippen molar-refractivity contribution < 1.29 is 23.9 Å². The number of nitrogens with one attached hydrogen (secondary N) is 1. The Morgan fingerprint density at radius 2 is 1.82 bits per heavy atom. The Bertz CT molecular complexity index is 1720. The third-order valence-electron chi connectivity index (χ3n) is 6.51.